The Hall–Kier alpha value is -1.49. The fraction of sp³-hybridized carbons (Fsp3) is 0.467. The zero-order valence-electron chi connectivity index (χ0n) is 11.5. The number of hydrogen-bond acceptors (Lipinski definition) is 3. The van der Waals surface area contributed by atoms with Crippen molar-refractivity contribution in [2.24, 2.45) is 0 Å². The van der Waals surface area contributed by atoms with Crippen molar-refractivity contribution in [2.75, 3.05) is 18.1 Å². The second-order valence-electron chi connectivity index (χ2n) is 4.88. The minimum absolute atomic E-state index is 0.0196. The number of thioether (sulfide) groups is 1. The molecule has 1 heterocycles. The molecule has 0 aliphatic carbocycles. The van der Waals surface area contributed by atoms with E-state index >= 15 is 0 Å². The van der Waals surface area contributed by atoms with E-state index in [2.05, 4.69) is 6.92 Å². The first kappa shape index (κ1) is 14.9. The Balaban J connectivity index is 2.13. The first-order valence-electron chi connectivity index (χ1n) is 6.81. The van der Waals surface area contributed by atoms with E-state index in [-0.39, 0.29) is 18.4 Å². The van der Waals surface area contributed by atoms with Crippen LogP contribution in [0.2, 0.25) is 0 Å². The van der Waals surface area contributed by atoms with Crippen molar-refractivity contribution in [1.29, 1.82) is 0 Å². The summed E-state index contributed by atoms with van der Waals surface area (Å²) < 4.78 is 0. The molecule has 1 amide bonds. The van der Waals surface area contributed by atoms with Crippen molar-refractivity contribution in [1.82, 2.24) is 4.90 Å². The van der Waals surface area contributed by atoms with Crippen molar-refractivity contribution in [2.45, 2.75) is 25.8 Å². The van der Waals surface area contributed by atoms with Gasteiger partial charge in [0.25, 0.3) is 5.91 Å². The molecule has 0 aromatic heterocycles. The highest BCUT2D eigenvalue weighted by Crippen LogP contribution is 2.21. The van der Waals surface area contributed by atoms with E-state index < -0.39 is 5.97 Å². The second kappa shape index (κ2) is 6.79. The average Bonchev–Trinajstić information content (AvgIpc) is 2.46. The van der Waals surface area contributed by atoms with Gasteiger partial charge in [-0.1, -0.05) is 19.1 Å². The van der Waals surface area contributed by atoms with E-state index in [1.54, 1.807) is 16.7 Å². The summed E-state index contributed by atoms with van der Waals surface area (Å²) in [6, 6.07) is 7.38. The van der Waals surface area contributed by atoms with Crippen LogP contribution in [-0.4, -0.2) is 46.0 Å². The van der Waals surface area contributed by atoms with Gasteiger partial charge in [0.1, 0.15) is 0 Å². The molecule has 1 aromatic carbocycles. The number of nitrogens with zero attached hydrogens (tertiary/aromatic N) is 1. The summed E-state index contributed by atoms with van der Waals surface area (Å²) in [7, 11) is 0. The second-order valence-corrected chi connectivity index (χ2v) is 6.03. The van der Waals surface area contributed by atoms with Crippen LogP contribution in [0.1, 0.15) is 29.3 Å². The Kier molecular flexibility index (Phi) is 5.06. The zero-order valence-corrected chi connectivity index (χ0v) is 12.4. The lowest BCUT2D eigenvalue weighted by Crippen LogP contribution is -2.47. The number of benzene rings is 1. The molecular formula is C15H19NO3S. The SMILES string of the molecule is CCc1ccc(C(=O)N2CCSCC2CC(=O)O)cc1. The third kappa shape index (κ3) is 3.54. The molecule has 1 aliphatic heterocycles. The molecule has 1 fully saturated rings. The molecule has 1 aromatic rings. The number of carboxylic acid groups (broad SMARTS) is 1. The van der Waals surface area contributed by atoms with Gasteiger partial charge < -0.3 is 10.0 Å². The topological polar surface area (TPSA) is 57.6 Å². The lowest BCUT2D eigenvalue weighted by Gasteiger charge is -2.34. The highest BCUT2D eigenvalue weighted by molar-refractivity contribution is 7.99. The van der Waals surface area contributed by atoms with E-state index in [9.17, 15) is 9.59 Å². The molecule has 0 spiro atoms. The summed E-state index contributed by atoms with van der Waals surface area (Å²) in [6.45, 7) is 2.69. The predicted molar refractivity (Wildman–Crippen MR) is 80.2 cm³/mol. The summed E-state index contributed by atoms with van der Waals surface area (Å²) in [5, 5.41) is 8.96. The summed E-state index contributed by atoms with van der Waals surface area (Å²) in [6.07, 6.45) is 0.961. The molecule has 0 bridgehead atoms. The molecule has 108 valence electrons. The number of carbonyl (C=O) groups is 2. The van der Waals surface area contributed by atoms with Crippen molar-refractivity contribution in [3.05, 3.63) is 35.4 Å². The number of aryl methyl sites for hydroxylation is 1. The number of hydrogen-bond donors (Lipinski definition) is 1. The van der Waals surface area contributed by atoms with Crippen LogP contribution in [0.25, 0.3) is 0 Å². The van der Waals surface area contributed by atoms with Crippen LogP contribution in [0.15, 0.2) is 24.3 Å². The maximum Gasteiger partial charge on any atom is 0.305 e. The van der Waals surface area contributed by atoms with Gasteiger partial charge in [0.15, 0.2) is 0 Å². The first-order chi connectivity index (χ1) is 9.61. The minimum atomic E-state index is -0.850. The number of carboxylic acids is 1. The number of aliphatic carboxylic acids is 1. The lowest BCUT2D eigenvalue weighted by atomic mass is 10.1. The van der Waals surface area contributed by atoms with Gasteiger partial charge in [0.2, 0.25) is 0 Å². The van der Waals surface area contributed by atoms with E-state index in [0.29, 0.717) is 17.9 Å². The minimum Gasteiger partial charge on any atom is -0.481 e. The summed E-state index contributed by atoms with van der Waals surface area (Å²) in [4.78, 5) is 25.1. The van der Waals surface area contributed by atoms with Gasteiger partial charge >= 0.3 is 5.97 Å². The zero-order chi connectivity index (χ0) is 14.5. The normalized spacial score (nSPS) is 18.9. The third-order valence-electron chi connectivity index (χ3n) is 3.51. The molecule has 0 radical (unpaired) electrons. The predicted octanol–water partition coefficient (Wildman–Crippen LogP) is 2.28. The van der Waals surface area contributed by atoms with Crippen LogP contribution in [0.4, 0.5) is 0 Å². The van der Waals surface area contributed by atoms with Gasteiger partial charge in [-0.15, -0.1) is 0 Å². The van der Waals surface area contributed by atoms with Crippen molar-refractivity contribution in [3.8, 4) is 0 Å². The van der Waals surface area contributed by atoms with Gasteiger partial charge in [0, 0.05) is 23.6 Å². The monoisotopic (exact) mass is 293 g/mol. The number of carbonyl (C=O) groups excluding carboxylic acids is 1. The van der Waals surface area contributed by atoms with Crippen LogP contribution in [-0.2, 0) is 11.2 Å². The fourth-order valence-corrected chi connectivity index (χ4v) is 3.40. The molecule has 1 aliphatic rings. The molecule has 2 rings (SSSR count). The molecule has 1 atom stereocenters. The maximum absolute atomic E-state index is 12.5. The average molecular weight is 293 g/mol. The molecular weight excluding hydrogens is 274 g/mol. The Bertz CT molecular complexity index is 486. The molecule has 1 N–H and O–H groups in total. The van der Waals surface area contributed by atoms with Gasteiger partial charge in [-0.05, 0) is 24.1 Å². The molecule has 4 nitrogen and oxygen atoms in total. The van der Waals surface area contributed by atoms with E-state index in [1.165, 1.54) is 5.56 Å². The van der Waals surface area contributed by atoms with Crippen LogP contribution in [0.3, 0.4) is 0 Å². The fourth-order valence-electron chi connectivity index (χ4n) is 2.34. The largest absolute Gasteiger partial charge is 0.481 e. The number of rotatable bonds is 4. The van der Waals surface area contributed by atoms with Crippen LogP contribution < -0.4 is 0 Å². The summed E-state index contributed by atoms with van der Waals surface area (Å²) in [5.74, 6) is 0.663. The lowest BCUT2D eigenvalue weighted by molar-refractivity contribution is -0.138. The smallest absolute Gasteiger partial charge is 0.305 e. The van der Waals surface area contributed by atoms with Gasteiger partial charge in [-0.3, -0.25) is 9.59 Å². The van der Waals surface area contributed by atoms with Gasteiger partial charge in [0.05, 0.1) is 12.5 Å². The summed E-state index contributed by atoms with van der Waals surface area (Å²) in [5.41, 5.74) is 1.84. The number of amides is 1. The Labute approximate surface area is 123 Å². The maximum atomic E-state index is 12.5. The third-order valence-corrected chi connectivity index (χ3v) is 4.60. The van der Waals surface area contributed by atoms with Gasteiger partial charge in [-0.25, -0.2) is 0 Å². The molecule has 20 heavy (non-hydrogen) atoms. The highest BCUT2D eigenvalue weighted by atomic mass is 32.2. The molecule has 1 unspecified atom stereocenters. The van der Waals surface area contributed by atoms with Crippen LogP contribution in [0, 0.1) is 0 Å². The molecule has 1 saturated heterocycles. The quantitative estimate of drug-likeness (QED) is 0.925. The van der Waals surface area contributed by atoms with Crippen LogP contribution >= 0.6 is 11.8 Å². The first-order valence-corrected chi connectivity index (χ1v) is 7.96. The van der Waals surface area contributed by atoms with Crippen molar-refractivity contribution in [3.63, 3.8) is 0 Å². The standard InChI is InChI=1S/C15H19NO3S/c1-2-11-3-5-12(6-4-11)15(19)16-7-8-20-10-13(16)9-14(17)18/h3-6,13H,2,7-10H2,1H3,(H,17,18). The molecule has 5 heteroatoms. The van der Waals surface area contributed by atoms with E-state index in [1.807, 2.05) is 24.3 Å². The molecule has 0 saturated carbocycles. The Morgan fingerprint density at radius 1 is 1.35 bits per heavy atom. The van der Waals surface area contributed by atoms with Crippen molar-refractivity contribution >= 4 is 23.6 Å². The van der Waals surface area contributed by atoms with E-state index in [4.69, 9.17) is 5.11 Å². The van der Waals surface area contributed by atoms with Crippen LogP contribution in [0.5, 0.6) is 0 Å². The highest BCUT2D eigenvalue weighted by Gasteiger charge is 2.29. The van der Waals surface area contributed by atoms with Crippen molar-refractivity contribution < 1.29 is 14.7 Å². The Morgan fingerprint density at radius 2 is 2.05 bits per heavy atom. The van der Waals surface area contributed by atoms with Gasteiger partial charge in [-0.2, -0.15) is 11.8 Å². The van der Waals surface area contributed by atoms with E-state index in [0.717, 1.165) is 12.2 Å². The summed E-state index contributed by atoms with van der Waals surface area (Å²) >= 11 is 1.71. The Morgan fingerprint density at radius 3 is 2.65 bits per heavy atom.